The minimum atomic E-state index is -0.475. The average Bonchev–Trinajstić information content (AvgIpc) is 3.50. The second-order valence-corrected chi connectivity index (χ2v) is 7.52. The molecule has 1 aromatic carbocycles. The van der Waals surface area contributed by atoms with Crippen LogP contribution in [0.3, 0.4) is 0 Å². The molecule has 0 bridgehead atoms. The van der Waals surface area contributed by atoms with Gasteiger partial charge in [-0.2, -0.15) is 0 Å². The molecule has 10 radical (unpaired) electrons. The fraction of sp³-hybridized carbons (Fsp3) is 0.240. The summed E-state index contributed by atoms with van der Waals surface area (Å²) in [6, 6.07) is 7.44. The van der Waals surface area contributed by atoms with E-state index in [9.17, 15) is 0 Å². The van der Waals surface area contributed by atoms with Crippen LogP contribution in [0.15, 0.2) is 30.5 Å². The van der Waals surface area contributed by atoms with E-state index in [0.717, 1.165) is 23.2 Å². The molecular formula is C25H24ClFeNO4+2. The van der Waals surface area contributed by atoms with E-state index in [-0.39, 0.29) is 23.2 Å². The maximum Gasteiger partial charge on any atom is 2.00 e. The summed E-state index contributed by atoms with van der Waals surface area (Å²) in [5, 5.41) is 1.47. The second kappa shape index (κ2) is 13.1. The van der Waals surface area contributed by atoms with Gasteiger partial charge in [0.25, 0.3) is 0 Å². The van der Waals surface area contributed by atoms with Crippen molar-refractivity contribution in [3.63, 3.8) is 0 Å². The molecule has 5 nitrogen and oxygen atoms in total. The van der Waals surface area contributed by atoms with Crippen LogP contribution in [-0.4, -0.2) is 37.7 Å². The fourth-order valence-electron chi connectivity index (χ4n) is 3.41. The molecule has 1 saturated heterocycles. The molecule has 3 aliphatic rings. The molecule has 5 rings (SSSR count). The van der Waals surface area contributed by atoms with Crippen LogP contribution in [0.2, 0.25) is 5.02 Å². The molecule has 32 heavy (non-hydrogen) atoms. The van der Waals surface area contributed by atoms with Crippen LogP contribution >= 0.6 is 11.6 Å². The standard InChI is InChI=1S/C20H19ClNO4.C5H5.Fe/c1-23-12-14-7-9-24-20(25-14)16-4-2-6-18(16)26-19-11-13(21)10-17-15(19)5-3-8-22-17;1-2-4-5-3-1;/h2-6,8,10-11,14,20H,7,9,12H2,1H3;1-5H;/q;;+2. The Morgan fingerprint density at radius 3 is 2.62 bits per heavy atom. The summed E-state index contributed by atoms with van der Waals surface area (Å²) in [5.74, 6) is 1.50. The van der Waals surface area contributed by atoms with Gasteiger partial charge in [-0.1, -0.05) is 11.6 Å². The van der Waals surface area contributed by atoms with E-state index in [4.69, 9.17) is 30.5 Å². The molecular weight excluding hydrogens is 470 g/mol. The van der Waals surface area contributed by atoms with Crippen molar-refractivity contribution in [2.75, 3.05) is 20.3 Å². The summed E-state index contributed by atoms with van der Waals surface area (Å²) < 4.78 is 23.2. The van der Waals surface area contributed by atoms with E-state index in [1.807, 2.05) is 69.6 Å². The van der Waals surface area contributed by atoms with Crippen molar-refractivity contribution in [2.45, 2.75) is 18.8 Å². The number of pyridine rings is 1. The largest absolute Gasteiger partial charge is 2.00 e. The third-order valence-electron chi connectivity index (χ3n) is 4.86. The first-order chi connectivity index (χ1) is 15.2. The zero-order valence-electron chi connectivity index (χ0n) is 17.6. The molecule has 0 spiro atoms. The topological polar surface area (TPSA) is 49.8 Å². The summed E-state index contributed by atoms with van der Waals surface area (Å²) in [5.41, 5.74) is 0.786. The van der Waals surface area contributed by atoms with E-state index in [2.05, 4.69) is 4.98 Å². The summed E-state index contributed by atoms with van der Waals surface area (Å²) in [6.45, 7) is 1.16. The van der Waals surface area contributed by atoms with Crippen LogP contribution in [0.1, 0.15) is 6.42 Å². The van der Waals surface area contributed by atoms with Crippen LogP contribution in [0.5, 0.6) is 5.75 Å². The van der Waals surface area contributed by atoms with E-state index in [1.54, 1.807) is 19.4 Å². The van der Waals surface area contributed by atoms with Crippen LogP contribution in [0.25, 0.3) is 10.9 Å². The number of hydrogen-bond donors (Lipinski definition) is 0. The molecule has 0 amide bonds. The van der Waals surface area contributed by atoms with Gasteiger partial charge >= 0.3 is 17.1 Å². The Morgan fingerprint density at radius 1 is 1.09 bits per heavy atom. The van der Waals surface area contributed by atoms with Crippen molar-refractivity contribution in [3.8, 4) is 5.75 Å². The number of halogens is 1. The van der Waals surface area contributed by atoms with Gasteiger partial charge in [-0.05, 0) is 75.6 Å². The molecule has 7 heteroatoms. The van der Waals surface area contributed by atoms with Gasteiger partial charge in [0.1, 0.15) is 5.75 Å². The van der Waals surface area contributed by atoms with Crippen LogP contribution in [0, 0.1) is 63.4 Å². The molecule has 2 heterocycles. The number of rotatable bonds is 5. The molecule has 3 fully saturated rings. The summed E-state index contributed by atoms with van der Waals surface area (Å²) in [7, 11) is 1.67. The molecule has 1 aromatic heterocycles. The molecule has 2 unspecified atom stereocenters. The maximum absolute atomic E-state index is 6.22. The van der Waals surface area contributed by atoms with Gasteiger partial charge in [0, 0.05) is 30.1 Å². The Bertz CT molecular complexity index is 825. The number of hydrogen-bond acceptors (Lipinski definition) is 5. The van der Waals surface area contributed by atoms with E-state index in [1.165, 1.54) is 0 Å². The monoisotopic (exact) mass is 493 g/mol. The Morgan fingerprint density at radius 2 is 1.88 bits per heavy atom. The Hall–Kier alpha value is -0.881. The maximum atomic E-state index is 6.22. The number of benzene rings is 1. The first-order valence-corrected chi connectivity index (χ1v) is 10.5. The molecule has 2 atom stereocenters. The van der Waals surface area contributed by atoms with E-state index < -0.39 is 6.29 Å². The smallest absolute Gasteiger partial charge is 0.481 e. The van der Waals surface area contributed by atoms with Gasteiger partial charge in [0.15, 0.2) is 12.4 Å². The van der Waals surface area contributed by atoms with Crippen molar-refractivity contribution in [2.24, 2.45) is 0 Å². The molecule has 1 aliphatic heterocycles. The van der Waals surface area contributed by atoms with Gasteiger partial charge < -0.3 is 18.9 Å². The number of nitrogens with zero attached hydrogens (tertiary/aromatic N) is 1. The van der Waals surface area contributed by atoms with Crippen LogP contribution in [0.4, 0.5) is 0 Å². The summed E-state index contributed by atoms with van der Waals surface area (Å²) in [4.78, 5) is 4.35. The molecule has 2 aromatic rings. The van der Waals surface area contributed by atoms with Gasteiger partial charge in [-0.3, -0.25) is 4.98 Å². The number of fused-ring (bicyclic) bond motifs is 1. The van der Waals surface area contributed by atoms with Crippen molar-refractivity contribution >= 4 is 22.5 Å². The van der Waals surface area contributed by atoms with Crippen molar-refractivity contribution in [1.82, 2.24) is 4.98 Å². The third kappa shape index (κ3) is 6.82. The number of ether oxygens (including phenoxy) is 4. The molecule has 0 N–H and O–H groups in total. The van der Waals surface area contributed by atoms with E-state index >= 15 is 0 Å². The normalized spacial score (nSPS) is 24.1. The minimum Gasteiger partial charge on any atom is -0.481 e. The fourth-order valence-corrected chi connectivity index (χ4v) is 3.61. The Kier molecular flexibility index (Phi) is 10.6. The van der Waals surface area contributed by atoms with Gasteiger partial charge in [0.2, 0.25) is 0 Å². The summed E-state index contributed by atoms with van der Waals surface area (Å²) >= 11 is 6.22. The van der Waals surface area contributed by atoms with Gasteiger partial charge in [0.05, 0.1) is 30.8 Å². The Balaban J connectivity index is 0.000000427. The second-order valence-electron chi connectivity index (χ2n) is 7.09. The molecule has 166 valence electrons. The zero-order valence-corrected chi connectivity index (χ0v) is 19.5. The van der Waals surface area contributed by atoms with Gasteiger partial charge in [-0.25, -0.2) is 0 Å². The van der Waals surface area contributed by atoms with E-state index in [0.29, 0.717) is 30.1 Å². The van der Waals surface area contributed by atoms with Crippen molar-refractivity contribution in [1.29, 1.82) is 0 Å². The van der Waals surface area contributed by atoms with Gasteiger partial charge in [-0.15, -0.1) is 0 Å². The van der Waals surface area contributed by atoms with Crippen molar-refractivity contribution in [3.05, 3.63) is 98.9 Å². The average molecular weight is 494 g/mol. The predicted octanol–water partition coefficient (Wildman–Crippen LogP) is 4.80. The Labute approximate surface area is 207 Å². The quantitative estimate of drug-likeness (QED) is 0.560. The summed E-state index contributed by atoms with van der Waals surface area (Å²) in [6.07, 6.45) is 18.5. The van der Waals surface area contributed by atoms with Crippen molar-refractivity contribution < 1.29 is 36.0 Å². The SMILES string of the molecule is COCC1CCOC([C]2[CH][CH][CH][C]2Oc2cc(Cl)cc3ncccc23)O1.[CH]1[CH][CH][CH][CH]1.[Fe+2]. The minimum absolute atomic E-state index is 0. The first-order valence-electron chi connectivity index (χ1n) is 10.1. The first kappa shape index (κ1) is 25.7. The third-order valence-corrected chi connectivity index (χ3v) is 5.08. The van der Waals surface area contributed by atoms with Crippen LogP contribution < -0.4 is 4.74 Å². The zero-order chi connectivity index (χ0) is 21.5. The number of methoxy groups -OCH3 is 1. The predicted molar refractivity (Wildman–Crippen MR) is 119 cm³/mol. The van der Waals surface area contributed by atoms with Crippen LogP contribution in [-0.2, 0) is 31.3 Å². The molecule has 2 saturated carbocycles. The molecule has 2 aliphatic carbocycles. The number of aromatic nitrogens is 1.